The largest absolute Gasteiger partial charge is 0.468 e. The van der Waals surface area contributed by atoms with Crippen molar-refractivity contribution < 1.29 is 27.5 Å². The molecule has 1 saturated heterocycles. The number of nitrogens with one attached hydrogen (secondary N) is 1. The highest BCUT2D eigenvalue weighted by Crippen LogP contribution is 2.53. The summed E-state index contributed by atoms with van der Waals surface area (Å²) in [7, 11) is -3.16. The van der Waals surface area contributed by atoms with E-state index in [-0.39, 0.29) is 16.1 Å². The second-order valence-electron chi connectivity index (χ2n) is 6.28. The van der Waals surface area contributed by atoms with Crippen molar-refractivity contribution in [2.24, 2.45) is 5.92 Å². The van der Waals surface area contributed by atoms with Crippen LogP contribution in [0.1, 0.15) is 5.56 Å². The molecule has 2 aromatic rings. The SMILES string of the molecule is COC(=O)C1C(=O)NC(=O)C12c1ccccc1S(=O)(=O)N2c1ccc(Br)cc1. The highest BCUT2D eigenvalue weighted by atomic mass is 79.9. The van der Waals surface area contributed by atoms with Crippen LogP contribution < -0.4 is 9.62 Å². The van der Waals surface area contributed by atoms with E-state index in [1.165, 1.54) is 30.3 Å². The molecule has 8 nitrogen and oxygen atoms in total. The van der Waals surface area contributed by atoms with Crippen molar-refractivity contribution in [2.75, 3.05) is 11.4 Å². The topological polar surface area (TPSA) is 110 Å². The smallest absolute Gasteiger partial charge is 0.321 e. The number of benzene rings is 2. The predicted octanol–water partition coefficient (Wildman–Crippen LogP) is 1.30. The predicted molar refractivity (Wildman–Crippen MR) is 101 cm³/mol. The van der Waals surface area contributed by atoms with Crippen LogP contribution in [0.25, 0.3) is 0 Å². The first-order chi connectivity index (χ1) is 13.3. The normalized spacial score (nSPS) is 24.9. The third-order valence-corrected chi connectivity index (χ3v) is 7.32. The van der Waals surface area contributed by atoms with Gasteiger partial charge in [0.25, 0.3) is 15.9 Å². The van der Waals surface area contributed by atoms with E-state index in [0.717, 1.165) is 11.4 Å². The Morgan fingerprint density at radius 1 is 1.14 bits per heavy atom. The van der Waals surface area contributed by atoms with Crippen LogP contribution in [0.3, 0.4) is 0 Å². The maximum absolute atomic E-state index is 13.4. The number of hydrogen-bond acceptors (Lipinski definition) is 6. The zero-order valence-electron chi connectivity index (χ0n) is 14.4. The molecule has 2 aliphatic rings. The second kappa shape index (κ2) is 6.14. The Morgan fingerprint density at radius 3 is 2.43 bits per heavy atom. The van der Waals surface area contributed by atoms with E-state index in [0.29, 0.717) is 4.47 Å². The van der Waals surface area contributed by atoms with E-state index >= 15 is 0 Å². The number of methoxy groups -OCH3 is 1. The highest BCUT2D eigenvalue weighted by molar-refractivity contribution is 9.10. The molecule has 0 aromatic heterocycles. The minimum atomic E-state index is -4.24. The van der Waals surface area contributed by atoms with Gasteiger partial charge in [-0.15, -0.1) is 0 Å². The molecule has 28 heavy (non-hydrogen) atoms. The van der Waals surface area contributed by atoms with E-state index in [2.05, 4.69) is 21.2 Å². The fraction of sp³-hybridized carbons (Fsp3) is 0.167. The van der Waals surface area contributed by atoms with Crippen molar-refractivity contribution in [2.45, 2.75) is 10.4 Å². The molecule has 2 heterocycles. The van der Waals surface area contributed by atoms with Gasteiger partial charge in [-0.3, -0.25) is 19.7 Å². The lowest BCUT2D eigenvalue weighted by Crippen LogP contribution is -2.55. The molecular weight excluding hydrogens is 452 g/mol. The Bertz CT molecular complexity index is 1130. The summed E-state index contributed by atoms with van der Waals surface area (Å²) >= 11 is 3.28. The van der Waals surface area contributed by atoms with E-state index in [1.54, 1.807) is 18.2 Å². The van der Waals surface area contributed by atoms with Gasteiger partial charge in [0, 0.05) is 10.0 Å². The fourth-order valence-corrected chi connectivity index (χ4v) is 6.08. The third-order valence-electron chi connectivity index (χ3n) is 4.90. The molecule has 1 spiro atoms. The average Bonchev–Trinajstić information content (AvgIpc) is 3.04. The van der Waals surface area contributed by atoms with E-state index in [1.807, 2.05) is 0 Å². The number of fused-ring (bicyclic) bond motifs is 2. The molecule has 10 heteroatoms. The van der Waals surface area contributed by atoms with Gasteiger partial charge in [-0.2, -0.15) is 0 Å². The molecule has 2 aromatic carbocycles. The van der Waals surface area contributed by atoms with E-state index < -0.39 is 39.3 Å². The van der Waals surface area contributed by atoms with Crippen LogP contribution in [0, 0.1) is 5.92 Å². The molecule has 2 unspecified atom stereocenters. The van der Waals surface area contributed by atoms with Crippen LogP contribution in [-0.2, 0) is 34.7 Å². The number of rotatable bonds is 2. The minimum absolute atomic E-state index is 0.0525. The lowest BCUT2D eigenvalue weighted by Gasteiger charge is -2.35. The van der Waals surface area contributed by atoms with Crippen LogP contribution in [-0.4, -0.2) is 33.3 Å². The van der Waals surface area contributed by atoms with Crippen LogP contribution in [0.4, 0.5) is 5.69 Å². The monoisotopic (exact) mass is 464 g/mol. The number of amides is 2. The van der Waals surface area contributed by atoms with E-state index in [9.17, 15) is 22.8 Å². The van der Waals surface area contributed by atoms with Crippen LogP contribution in [0.2, 0.25) is 0 Å². The Kier molecular flexibility index (Phi) is 4.09. The van der Waals surface area contributed by atoms with Gasteiger partial charge < -0.3 is 4.74 Å². The van der Waals surface area contributed by atoms with Crippen molar-refractivity contribution in [3.8, 4) is 0 Å². The maximum Gasteiger partial charge on any atom is 0.321 e. The number of halogens is 1. The van der Waals surface area contributed by atoms with Crippen molar-refractivity contribution >= 4 is 49.4 Å². The van der Waals surface area contributed by atoms with Gasteiger partial charge in [0.15, 0.2) is 11.5 Å². The lowest BCUT2D eigenvalue weighted by molar-refractivity contribution is -0.151. The zero-order valence-corrected chi connectivity index (χ0v) is 16.8. The quantitative estimate of drug-likeness (QED) is 0.407. The lowest BCUT2D eigenvalue weighted by atomic mass is 9.79. The summed E-state index contributed by atoms with van der Waals surface area (Å²) in [6.45, 7) is 0. The average molecular weight is 465 g/mol. The summed E-state index contributed by atoms with van der Waals surface area (Å²) in [6, 6.07) is 12.0. The van der Waals surface area contributed by atoms with Crippen LogP contribution in [0.15, 0.2) is 57.9 Å². The Labute approximate surface area is 168 Å². The number of anilines is 1. The molecule has 0 bridgehead atoms. The summed E-state index contributed by atoms with van der Waals surface area (Å²) in [5, 5.41) is 2.11. The second-order valence-corrected chi connectivity index (χ2v) is 8.95. The fourth-order valence-electron chi connectivity index (χ4n) is 3.81. The van der Waals surface area contributed by atoms with Crippen molar-refractivity contribution in [3.05, 3.63) is 58.6 Å². The van der Waals surface area contributed by atoms with E-state index in [4.69, 9.17) is 4.74 Å². The molecule has 0 saturated carbocycles. The van der Waals surface area contributed by atoms with Crippen LogP contribution in [0.5, 0.6) is 0 Å². The first kappa shape index (κ1) is 18.6. The van der Waals surface area contributed by atoms with Gasteiger partial charge in [0.05, 0.1) is 17.7 Å². The first-order valence-corrected chi connectivity index (χ1v) is 10.3. The standard InChI is InChI=1S/C18H13BrN2O6S/c1-27-16(23)14-15(22)20-17(24)18(14)12-4-2-3-5-13(12)28(25,26)21(18)11-8-6-10(19)7-9-11/h2-9,14H,1H3,(H,20,22,24). The van der Waals surface area contributed by atoms with Gasteiger partial charge in [-0.05, 0) is 30.3 Å². The molecule has 2 atom stereocenters. The van der Waals surface area contributed by atoms with Gasteiger partial charge in [-0.1, -0.05) is 34.1 Å². The first-order valence-electron chi connectivity index (χ1n) is 8.10. The van der Waals surface area contributed by atoms with Gasteiger partial charge in [0.1, 0.15) is 0 Å². The number of carbonyl (C=O) groups excluding carboxylic acids is 3. The highest BCUT2D eigenvalue weighted by Gasteiger charge is 2.71. The molecule has 2 aliphatic heterocycles. The number of ether oxygens (including phenoxy) is 1. The molecular formula is C18H13BrN2O6S. The number of hydrogen-bond donors (Lipinski definition) is 1. The summed E-state index contributed by atoms with van der Waals surface area (Å²) < 4.78 is 33.1. The molecule has 0 radical (unpaired) electrons. The number of nitrogens with zero attached hydrogens (tertiary/aromatic N) is 1. The summed E-state index contributed by atoms with van der Waals surface area (Å²) in [5.74, 6) is -4.50. The molecule has 1 N–H and O–H groups in total. The number of imide groups is 1. The van der Waals surface area contributed by atoms with Gasteiger partial charge >= 0.3 is 5.97 Å². The van der Waals surface area contributed by atoms with Crippen molar-refractivity contribution in [1.82, 2.24) is 5.32 Å². The molecule has 144 valence electrons. The number of esters is 1. The van der Waals surface area contributed by atoms with Crippen LogP contribution >= 0.6 is 15.9 Å². The maximum atomic E-state index is 13.4. The summed E-state index contributed by atoms with van der Waals surface area (Å²) in [4.78, 5) is 38.0. The summed E-state index contributed by atoms with van der Waals surface area (Å²) in [6.07, 6.45) is 0. The molecule has 4 rings (SSSR count). The summed E-state index contributed by atoms with van der Waals surface area (Å²) in [5.41, 5.74) is -1.91. The minimum Gasteiger partial charge on any atom is -0.468 e. The van der Waals surface area contributed by atoms with Gasteiger partial charge in [-0.25, -0.2) is 12.7 Å². The van der Waals surface area contributed by atoms with Gasteiger partial charge in [0.2, 0.25) is 5.91 Å². The molecule has 1 fully saturated rings. The third kappa shape index (κ3) is 2.21. The van der Waals surface area contributed by atoms with Crippen molar-refractivity contribution in [3.63, 3.8) is 0 Å². The Morgan fingerprint density at radius 2 is 1.79 bits per heavy atom. The molecule has 0 aliphatic carbocycles. The molecule has 2 amide bonds. The Hall–Kier alpha value is -2.72. The number of carbonyl (C=O) groups is 3. The zero-order chi connectivity index (χ0) is 20.3. The van der Waals surface area contributed by atoms with Crippen molar-refractivity contribution in [1.29, 1.82) is 0 Å². The Balaban J connectivity index is 2.12. The number of sulfonamides is 1.